The number of hydrogen-bond donors (Lipinski definition) is 0. The molecule has 0 saturated carbocycles. The van der Waals surface area contributed by atoms with Crippen molar-refractivity contribution >= 4 is 15.7 Å². The van der Waals surface area contributed by atoms with Crippen LogP contribution >= 0.6 is 0 Å². The molecular formula is C19H27N3O3S. The number of rotatable bonds is 6. The van der Waals surface area contributed by atoms with Crippen molar-refractivity contribution < 1.29 is 13.2 Å². The minimum absolute atomic E-state index is 0.0864. The topological polar surface area (TPSA) is 72.3 Å². The van der Waals surface area contributed by atoms with Gasteiger partial charge in [0.25, 0.3) is 0 Å². The van der Waals surface area contributed by atoms with Gasteiger partial charge in [-0.1, -0.05) is 12.1 Å². The molecule has 1 amide bonds. The molecule has 26 heavy (non-hydrogen) atoms. The SMILES string of the molecule is Cc1cccc(-n2ccnc2S(=O)(=O)[C@H](C)C(=O)N(C(C)C)C(C)C)c1. The molecule has 1 atom stereocenters. The van der Waals surface area contributed by atoms with Crippen LogP contribution in [0.2, 0.25) is 0 Å². The van der Waals surface area contributed by atoms with E-state index < -0.39 is 21.0 Å². The first-order valence-electron chi connectivity index (χ1n) is 8.73. The highest BCUT2D eigenvalue weighted by Crippen LogP contribution is 2.22. The summed E-state index contributed by atoms with van der Waals surface area (Å²) < 4.78 is 27.8. The Kier molecular flexibility index (Phi) is 5.91. The van der Waals surface area contributed by atoms with Crippen LogP contribution < -0.4 is 0 Å². The van der Waals surface area contributed by atoms with Crippen molar-refractivity contribution in [3.63, 3.8) is 0 Å². The second-order valence-electron chi connectivity index (χ2n) is 7.04. The number of aromatic nitrogens is 2. The Morgan fingerprint density at radius 1 is 1.12 bits per heavy atom. The maximum absolute atomic E-state index is 13.1. The second-order valence-corrected chi connectivity index (χ2v) is 9.20. The minimum atomic E-state index is -3.94. The van der Waals surface area contributed by atoms with Crippen molar-refractivity contribution in [1.29, 1.82) is 0 Å². The molecule has 1 aromatic heterocycles. The first-order valence-corrected chi connectivity index (χ1v) is 10.3. The molecule has 0 aliphatic heterocycles. The van der Waals surface area contributed by atoms with E-state index in [2.05, 4.69) is 4.98 Å². The van der Waals surface area contributed by atoms with Gasteiger partial charge in [0.1, 0.15) is 5.25 Å². The summed E-state index contributed by atoms with van der Waals surface area (Å²) >= 11 is 0. The minimum Gasteiger partial charge on any atom is -0.337 e. The normalized spacial score (nSPS) is 13.2. The predicted octanol–water partition coefficient (Wildman–Crippen LogP) is 2.99. The van der Waals surface area contributed by atoms with Gasteiger partial charge in [-0.25, -0.2) is 13.4 Å². The third kappa shape index (κ3) is 3.82. The number of hydrogen-bond acceptors (Lipinski definition) is 4. The zero-order valence-electron chi connectivity index (χ0n) is 16.2. The van der Waals surface area contributed by atoms with Crippen LogP contribution in [0.15, 0.2) is 41.8 Å². The van der Waals surface area contributed by atoms with Gasteiger partial charge in [-0.2, -0.15) is 0 Å². The molecule has 0 N–H and O–H groups in total. The van der Waals surface area contributed by atoms with Gasteiger partial charge >= 0.3 is 0 Å². The zero-order valence-corrected chi connectivity index (χ0v) is 17.0. The zero-order chi connectivity index (χ0) is 19.6. The molecule has 0 aliphatic rings. The summed E-state index contributed by atoms with van der Waals surface area (Å²) in [5.74, 6) is -0.409. The average molecular weight is 378 g/mol. The highest BCUT2D eigenvalue weighted by atomic mass is 32.2. The van der Waals surface area contributed by atoms with Crippen molar-refractivity contribution in [1.82, 2.24) is 14.5 Å². The van der Waals surface area contributed by atoms with Gasteiger partial charge in [0, 0.05) is 30.2 Å². The fraction of sp³-hybridized carbons (Fsp3) is 0.474. The summed E-state index contributed by atoms with van der Waals surface area (Å²) in [6, 6.07) is 7.31. The van der Waals surface area contributed by atoms with E-state index >= 15 is 0 Å². The Bertz CT molecular complexity index is 877. The highest BCUT2D eigenvalue weighted by Gasteiger charge is 2.37. The molecule has 0 spiro atoms. The van der Waals surface area contributed by atoms with Crippen LogP contribution in [-0.2, 0) is 14.6 Å². The molecule has 2 aromatic rings. The maximum atomic E-state index is 13.1. The van der Waals surface area contributed by atoms with E-state index in [1.807, 2.05) is 58.9 Å². The smallest absolute Gasteiger partial charge is 0.241 e. The third-order valence-electron chi connectivity index (χ3n) is 4.32. The first-order chi connectivity index (χ1) is 12.1. The van der Waals surface area contributed by atoms with Crippen LogP contribution in [0.1, 0.15) is 40.2 Å². The fourth-order valence-electron chi connectivity index (χ4n) is 3.08. The second kappa shape index (κ2) is 7.61. The molecule has 0 aliphatic carbocycles. The summed E-state index contributed by atoms with van der Waals surface area (Å²) in [5, 5.41) is -1.32. The monoisotopic (exact) mass is 377 g/mol. The Balaban J connectivity index is 2.46. The summed E-state index contributed by atoms with van der Waals surface area (Å²) in [7, 11) is -3.94. The molecule has 2 rings (SSSR count). The maximum Gasteiger partial charge on any atom is 0.241 e. The van der Waals surface area contributed by atoms with Gasteiger partial charge in [-0.05, 0) is 59.2 Å². The van der Waals surface area contributed by atoms with E-state index in [1.54, 1.807) is 11.1 Å². The Labute approximate surface area is 155 Å². The number of aryl methyl sites for hydroxylation is 1. The van der Waals surface area contributed by atoms with E-state index in [9.17, 15) is 13.2 Å². The van der Waals surface area contributed by atoms with Crippen LogP contribution in [0.3, 0.4) is 0 Å². The van der Waals surface area contributed by atoms with E-state index in [0.717, 1.165) is 5.56 Å². The molecule has 0 radical (unpaired) electrons. The van der Waals surface area contributed by atoms with Crippen LogP contribution in [0.5, 0.6) is 0 Å². The Morgan fingerprint density at radius 3 is 2.27 bits per heavy atom. The third-order valence-corrected chi connectivity index (χ3v) is 6.27. The number of benzene rings is 1. The summed E-state index contributed by atoms with van der Waals surface area (Å²) in [6.45, 7) is 10.9. The predicted molar refractivity (Wildman–Crippen MR) is 102 cm³/mol. The lowest BCUT2D eigenvalue weighted by molar-refractivity contribution is -0.134. The molecule has 6 nitrogen and oxygen atoms in total. The molecule has 7 heteroatoms. The van der Waals surface area contributed by atoms with E-state index in [-0.39, 0.29) is 17.2 Å². The Hall–Kier alpha value is -2.15. The lowest BCUT2D eigenvalue weighted by atomic mass is 10.2. The largest absolute Gasteiger partial charge is 0.337 e. The van der Waals surface area contributed by atoms with Crippen molar-refractivity contribution in [3.8, 4) is 5.69 Å². The molecule has 1 heterocycles. The highest BCUT2D eigenvalue weighted by molar-refractivity contribution is 7.92. The molecule has 0 unspecified atom stereocenters. The molecule has 0 saturated heterocycles. The van der Waals surface area contributed by atoms with Gasteiger partial charge in [-0.15, -0.1) is 0 Å². The van der Waals surface area contributed by atoms with Gasteiger partial charge in [-0.3, -0.25) is 9.36 Å². The summed E-state index contributed by atoms with van der Waals surface area (Å²) in [5.41, 5.74) is 1.71. The van der Waals surface area contributed by atoms with Gasteiger partial charge in [0.05, 0.1) is 0 Å². The van der Waals surface area contributed by atoms with Crippen LogP contribution in [0.4, 0.5) is 0 Å². The summed E-state index contributed by atoms with van der Waals surface area (Å²) in [6.07, 6.45) is 3.04. The molecule has 0 bridgehead atoms. The van der Waals surface area contributed by atoms with Gasteiger partial charge < -0.3 is 4.90 Å². The van der Waals surface area contributed by atoms with Crippen LogP contribution in [-0.4, -0.2) is 46.1 Å². The van der Waals surface area contributed by atoms with E-state index in [0.29, 0.717) is 5.69 Å². The number of carbonyl (C=O) groups is 1. The van der Waals surface area contributed by atoms with E-state index in [4.69, 9.17) is 0 Å². The first kappa shape index (κ1) is 20.2. The van der Waals surface area contributed by atoms with Crippen LogP contribution in [0, 0.1) is 6.92 Å². The van der Waals surface area contributed by atoms with Crippen molar-refractivity contribution in [2.75, 3.05) is 0 Å². The number of sulfone groups is 1. The van der Waals surface area contributed by atoms with Crippen molar-refractivity contribution in [2.45, 2.75) is 64.0 Å². The number of amides is 1. The van der Waals surface area contributed by atoms with Gasteiger partial charge in [0.15, 0.2) is 0 Å². The van der Waals surface area contributed by atoms with Crippen molar-refractivity contribution in [2.24, 2.45) is 0 Å². The number of imidazole rings is 1. The van der Waals surface area contributed by atoms with Gasteiger partial charge in [0.2, 0.25) is 20.9 Å². The lowest BCUT2D eigenvalue weighted by Gasteiger charge is -2.32. The lowest BCUT2D eigenvalue weighted by Crippen LogP contribution is -2.48. The Morgan fingerprint density at radius 2 is 1.73 bits per heavy atom. The molecular weight excluding hydrogens is 350 g/mol. The average Bonchev–Trinajstić information content (AvgIpc) is 3.03. The standard InChI is InChI=1S/C19H27N3O3S/c1-13(2)22(14(3)4)18(23)16(6)26(24,25)19-20-10-11-21(19)17-9-7-8-15(5)12-17/h7-14,16H,1-6H3/t16-/m1/s1. The molecule has 0 fully saturated rings. The summed E-state index contributed by atoms with van der Waals surface area (Å²) in [4.78, 5) is 18.5. The fourth-order valence-corrected chi connectivity index (χ4v) is 4.43. The number of nitrogens with zero attached hydrogens (tertiary/aromatic N) is 3. The van der Waals surface area contributed by atoms with E-state index in [1.165, 1.54) is 17.7 Å². The quantitative estimate of drug-likeness (QED) is 0.776. The number of carbonyl (C=O) groups excluding carboxylic acids is 1. The molecule has 1 aromatic carbocycles. The van der Waals surface area contributed by atoms with Crippen LogP contribution in [0.25, 0.3) is 5.69 Å². The molecule has 142 valence electrons. The van der Waals surface area contributed by atoms with Crippen molar-refractivity contribution in [3.05, 3.63) is 42.2 Å².